The van der Waals surface area contributed by atoms with E-state index in [0.717, 1.165) is 13.0 Å². The second-order valence-corrected chi connectivity index (χ2v) is 7.29. The molecule has 0 radical (unpaired) electrons. The summed E-state index contributed by atoms with van der Waals surface area (Å²) in [5.41, 5.74) is 1.07. The van der Waals surface area contributed by atoms with Crippen molar-refractivity contribution < 1.29 is 24.3 Å². The van der Waals surface area contributed by atoms with Crippen LogP contribution in [0.3, 0.4) is 0 Å². The summed E-state index contributed by atoms with van der Waals surface area (Å²) >= 11 is 0. The largest absolute Gasteiger partial charge is 0.507 e. The summed E-state index contributed by atoms with van der Waals surface area (Å²) in [7, 11) is 5.62. The Hall–Kier alpha value is -3.19. The van der Waals surface area contributed by atoms with Gasteiger partial charge in [0, 0.05) is 24.7 Å². The summed E-state index contributed by atoms with van der Waals surface area (Å²) in [5, 5.41) is 10.9. The van der Waals surface area contributed by atoms with Gasteiger partial charge in [0.2, 0.25) is 0 Å². The molecule has 7 heteroatoms. The Balaban J connectivity index is 2.05. The van der Waals surface area contributed by atoms with Gasteiger partial charge in [-0.1, -0.05) is 6.07 Å². The lowest BCUT2D eigenvalue weighted by atomic mass is 9.98. The third-order valence-corrected chi connectivity index (χ3v) is 4.95. The van der Waals surface area contributed by atoms with E-state index < -0.39 is 17.7 Å². The Morgan fingerprint density at radius 3 is 2.48 bits per heavy atom. The van der Waals surface area contributed by atoms with Crippen molar-refractivity contribution >= 4 is 17.4 Å². The molecule has 1 fully saturated rings. The molecular formula is C22H26N3O4+. The molecule has 0 aliphatic carbocycles. The van der Waals surface area contributed by atoms with Gasteiger partial charge in [0.05, 0.1) is 39.0 Å². The van der Waals surface area contributed by atoms with Crippen molar-refractivity contribution in [2.45, 2.75) is 12.5 Å². The molecule has 0 unspecified atom stereocenters. The van der Waals surface area contributed by atoms with E-state index in [-0.39, 0.29) is 11.3 Å². The minimum atomic E-state index is -0.713. The fourth-order valence-corrected chi connectivity index (χ4v) is 3.46. The molecule has 0 spiro atoms. The molecule has 0 saturated carbocycles. The van der Waals surface area contributed by atoms with Crippen molar-refractivity contribution in [1.82, 2.24) is 9.88 Å². The number of likely N-dealkylation sites (tertiary alicyclic amines) is 1. The van der Waals surface area contributed by atoms with Crippen molar-refractivity contribution in [1.29, 1.82) is 0 Å². The average molecular weight is 396 g/mol. The highest BCUT2D eigenvalue weighted by Crippen LogP contribution is 2.38. The van der Waals surface area contributed by atoms with Gasteiger partial charge in [0.1, 0.15) is 17.6 Å². The first kappa shape index (κ1) is 20.5. The van der Waals surface area contributed by atoms with E-state index in [2.05, 4.69) is 4.98 Å². The van der Waals surface area contributed by atoms with Crippen LogP contribution in [0.1, 0.15) is 23.7 Å². The van der Waals surface area contributed by atoms with Crippen molar-refractivity contribution in [2.24, 2.45) is 0 Å². The number of rotatable bonds is 7. The Kier molecular flexibility index (Phi) is 6.29. The molecule has 1 saturated heterocycles. The van der Waals surface area contributed by atoms with Crippen LogP contribution in [0, 0.1) is 0 Å². The molecule has 29 heavy (non-hydrogen) atoms. The molecule has 1 amide bonds. The van der Waals surface area contributed by atoms with Crippen LogP contribution in [-0.2, 0) is 9.59 Å². The molecule has 1 aromatic heterocycles. The summed E-state index contributed by atoms with van der Waals surface area (Å²) in [5.74, 6) is -0.868. The zero-order valence-electron chi connectivity index (χ0n) is 16.9. The first-order chi connectivity index (χ1) is 13.9. The van der Waals surface area contributed by atoms with Gasteiger partial charge in [0.25, 0.3) is 11.7 Å². The second-order valence-electron chi connectivity index (χ2n) is 7.29. The molecular weight excluding hydrogens is 370 g/mol. The van der Waals surface area contributed by atoms with E-state index in [9.17, 15) is 14.7 Å². The highest BCUT2D eigenvalue weighted by molar-refractivity contribution is 6.46. The van der Waals surface area contributed by atoms with Crippen LogP contribution >= 0.6 is 0 Å². The Morgan fingerprint density at radius 2 is 1.90 bits per heavy atom. The summed E-state index contributed by atoms with van der Waals surface area (Å²) < 4.78 is 5.14. The quantitative estimate of drug-likeness (QED) is 0.415. The van der Waals surface area contributed by atoms with Crippen LogP contribution < -0.4 is 9.64 Å². The molecule has 1 aromatic carbocycles. The fraction of sp³-hybridized carbons (Fsp3) is 0.318. The number of Topliss-reactive ketones (excluding diaryl/α,β-unsaturated/α-hetero) is 1. The Bertz CT molecular complexity index is 907. The molecule has 1 aliphatic heterocycles. The lowest BCUT2D eigenvalue weighted by Gasteiger charge is -2.24. The first-order valence-corrected chi connectivity index (χ1v) is 9.57. The van der Waals surface area contributed by atoms with Gasteiger partial charge in [-0.3, -0.25) is 14.6 Å². The van der Waals surface area contributed by atoms with Crippen molar-refractivity contribution in [3.05, 3.63) is 65.5 Å². The minimum absolute atomic E-state index is 0.0658. The number of aliphatic hydroxyl groups excluding tert-OH is 1. The van der Waals surface area contributed by atoms with Crippen LogP contribution in [-0.4, -0.2) is 61.0 Å². The van der Waals surface area contributed by atoms with E-state index in [0.29, 0.717) is 23.6 Å². The van der Waals surface area contributed by atoms with Gasteiger partial charge in [0.15, 0.2) is 0 Å². The number of ketones is 1. The summed E-state index contributed by atoms with van der Waals surface area (Å²) in [4.78, 5) is 32.8. The average Bonchev–Trinajstić information content (AvgIpc) is 2.98. The number of nitrogens with zero attached hydrogens (tertiary/aromatic N) is 2. The number of carbonyl (C=O) groups is 2. The lowest BCUT2D eigenvalue weighted by molar-refractivity contribution is -0.858. The normalized spacial score (nSPS) is 18.5. The van der Waals surface area contributed by atoms with Gasteiger partial charge in [-0.2, -0.15) is 0 Å². The first-order valence-electron chi connectivity index (χ1n) is 9.57. The van der Waals surface area contributed by atoms with Gasteiger partial charge in [-0.15, -0.1) is 0 Å². The van der Waals surface area contributed by atoms with E-state index in [1.54, 1.807) is 55.8 Å². The van der Waals surface area contributed by atoms with E-state index >= 15 is 0 Å². The number of ether oxygens (including phenoxy) is 1. The molecule has 2 heterocycles. The van der Waals surface area contributed by atoms with Gasteiger partial charge in [-0.05, 0) is 36.4 Å². The topological polar surface area (TPSA) is 84.2 Å². The zero-order valence-corrected chi connectivity index (χ0v) is 16.9. The number of quaternary nitrogens is 1. The van der Waals surface area contributed by atoms with E-state index in [4.69, 9.17) is 4.74 Å². The van der Waals surface area contributed by atoms with Gasteiger partial charge in [-0.25, -0.2) is 0 Å². The number of aliphatic hydroxyl groups is 1. The second kappa shape index (κ2) is 8.87. The SMILES string of the molecule is COc1ccc(C(O)=C2C(=O)C(=O)N(CCC[NH+](C)C)[C@H]2c2ccccn2)cc1. The number of methoxy groups -OCH3 is 1. The molecule has 1 atom stereocenters. The number of hydrogen-bond acceptors (Lipinski definition) is 5. The number of carbonyl (C=O) groups excluding carboxylic acids is 2. The molecule has 152 valence electrons. The van der Waals surface area contributed by atoms with Crippen LogP contribution in [0.25, 0.3) is 5.76 Å². The molecule has 1 aliphatic rings. The smallest absolute Gasteiger partial charge is 0.295 e. The van der Waals surface area contributed by atoms with Gasteiger partial charge >= 0.3 is 0 Å². The number of benzene rings is 1. The number of aromatic nitrogens is 1. The zero-order chi connectivity index (χ0) is 21.0. The number of hydrogen-bond donors (Lipinski definition) is 2. The van der Waals surface area contributed by atoms with Crippen LogP contribution in [0.4, 0.5) is 0 Å². The van der Waals surface area contributed by atoms with Crippen LogP contribution in [0.15, 0.2) is 54.2 Å². The van der Waals surface area contributed by atoms with Crippen LogP contribution in [0.2, 0.25) is 0 Å². The van der Waals surface area contributed by atoms with Crippen molar-refractivity contribution in [3.63, 3.8) is 0 Å². The number of nitrogens with one attached hydrogen (secondary N) is 1. The standard InChI is InChI=1S/C22H25N3O4/c1-24(2)13-6-14-25-19(17-7-4-5-12-23-17)18(21(27)22(25)28)20(26)15-8-10-16(29-3)11-9-15/h4-5,7-12,19,26H,6,13-14H2,1-3H3/p+1/t19-/m0/s1. The molecule has 2 aromatic rings. The van der Waals surface area contributed by atoms with Crippen molar-refractivity contribution in [2.75, 3.05) is 34.3 Å². The van der Waals surface area contributed by atoms with Crippen molar-refractivity contribution in [3.8, 4) is 5.75 Å². The summed E-state index contributed by atoms with van der Waals surface area (Å²) in [6.45, 7) is 1.27. The number of pyridine rings is 1. The summed E-state index contributed by atoms with van der Waals surface area (Å²) in [6.07, 6.45) is 2.36. The molecule has 2 N–H and O–H groups in total. The summed E-state index contributed by atoms with van der Waals surface area (Å²) in [6, 6.07) is 11.3. The maximum Gasteiger partial charge on any atom is 0.295 e. The van der Waals surface area contributed by atoms with Gasteiger partial charge < -0.3 is 19.6 Å². The third kappa shape index (κ3) is 4.30. The predicted molar refractivity (Wildman–Crippen MR) is 109 cm³/mol. The maximum atomic E-state index is 12.9. The monoisotopic (exact) mass is 396 g/mol. The predicted octanol–water partition coefficient (Wildman–Crippen LogP) is 1.05. The number of amides is 1. The highest BCUT2D eigenvalue weighted by Gasteiger charge is 2.46. The Labute approximate surface area is 170 Å². The minimum Gasteiger partial charge on any atom is -0.507 e. The van der Waals surface area contributed by atoms with E-state index in [1.165, 1.54) is 9.80 Å². The van der Waals surface area contributed by atoms with E-state index in [1.807, 2.05) is 14.1 Å². The molecule has 0 bridgehead atoms. The third-order valence-electron chi connectivity index (χ3n) is 4.95. The Morgan fingerprint density at radius 1 is 1.17 bits per heavy atom. The van der Waals surface area contributed by atoms with Crippen LogP contribution in [0.5, 0.6) is 5.75 Å². The fourth-order valence-electron chi connectivity index (χ4n) is 3.46. The highest BCUT2D eigenvalue weighted by atomic mass is 16.5. The molecule has 7 nitrogen and oxygen atoms in total. The lowest BCUT2D eigenvalue weighted by Crippen LogP contribution is -3.05. The molecule has 3 rings (SSSR count). The maximum absolute atomic E-state index is 12.9.